The van der Waals surface area contributed by atoms with Crippen LogP contribution < -0.4 is 0 Å². The molecule has 0 aliphatic rings. The van der Waals surface area contributed by atoms with Gasteiger partial charge in [-0.3, -0.25) is 4.98 Å². The lowest BCUT2D eigenvalue weighted by molar-refractivity contribution is 1.33. The summed E-state index contributed by atoms with van der Waals surface area (Å²) in [6.07, 6.45) is 7.56. The zero-order chi connectivity index (χ0) is 11.2. The summed E-state index contributed by atoms with van der Waals surface area (Å²) in [4.78, 5) is 4.00. The van der Waals surface area contributed by atoms with Gasteiger partial charge in [-0.2, -0.15) is 0 Å². The first-order valence-corrected chi connectivity index (χ1v) is 5.66. The Morgan fingerprint density at radius 1 is 0.938 bits per heavy atom. The van der Waals surface area contributed by atoms with Crippen molar-refractivity contribution in [3.63, 3.8) is 0 Å². The fourth-order valence-corrected chi connectivity index (χ4v) is 1.60. The number of pyridine rings is 1. The number of allylic oxidation sites excluding steroid dienone is 1. The van der Waals surface area contributed by atoms with Crippen molar-refractivity contribution in [2.24, 2.45) is 0 Å². The molecule has 2 rings (SSSR count). The number of hydrogen-bond donors (Lipinski definition) is 0. The Balaban J connectivity index is 2.23. The molecule has 0 aliphatic heterocycles. The van der Waals surface area contributed by atoms with Crippen LogP contribution in [-0.2, 0) is 0 Å². The summed E-state index contributed by atoms with van der Waals surface area (Å²) in [7, 11) is 0. The lowest BCUT2D eigenvalue weighted by Gasteiger charge is -2.01. The highest BCUT2D eigenvalue weighted by atomic mass is 35.5. The van der Waals surface area contributed by atoms with Crippen LogP contribution in [0.2, 0.25) is 0 Å². The summed E-state index contributed by atoms with van der Waals surface area (Å²) in [6.45, 7) is 0. The molecule has 0 saturated heterocycles. The molecule has 0 radical (unpaired) electrons. The SMILES string of the molecule is ClCC=Cc1ccc(-c2ccncc2)cc1. The number of nitrogens with zero attached hydrogens (tertiary/aromatic N) is 1. The molecule has 1 aromatic carbocycles. The molecule has 2 aromatic rings. The van der Waals surface area contributed by atoms with Gasteiger partial charge in [0.05, 0.1) is 0 Å². The van der Waals surface area contributed by atoms with Gasteiger partial charge in [0.25, 0.3) is 0 Å². The maximum Gasteiger partial charge on any atom is 0.0407 e. The average molecular weight is 230 g/mol. The Kier molecular flexibility index (Phi) is 3.73. The van der Waals surface area contributed by atoms with Crippen LogP contribution >= 0.6 is 11.6 Å². The third kappa shape index (κ3) is 2.71. The summed E-state index contributed by atoms with van der Waals surface area (Å²) in [5, 5.41) is 0. The number of rotatable bonds is 3. The van der Waals surface area contributed by atoms with E-state index >= 15 is 0 Å². The van der Waals surface area contributed by atoms with Gasteiger partial charge < -0.3 is 0 Å². The first-order valence-electron chi connectivity index (χ1n) is 5.13. The molecule has 0 bridgehead atoms. The molecule has 1 nitrogen and oxygen atoms in total. The van der Waals surface area contributed by atoms with E-state index in [1.807, 2.05) is 24.3 Å². The summed E-state index contributed by atoms with van der Waals surface area (Å²) < 4.78 is 0. The summed E-state index contributed by atoms with van der Waals surface area (Å²) in [6, 6.07) is 12.4. The molecule has 0 aliphatic carbocycles. The second-order valence-electron chi connectivity index (χ2n) is 3.41. The van der Waals surface area contributed by atoms with Gasteiger partial charge in [-0.15, -0.1) is 11.6 Å². The highest BCUT2D eigenvalue weighted by molar-refractivity contribution is 6.19. The summed E-state index contributed by atoms with van der Waals surface area (Å²) in [5.74, 6) is 0.548. The van der Waals surface area contributed by atoms with Crippen LogP contribution in [0.25, 0.3) is 17.2 Å². The first kappa shape index (κ1) is 10.9. The van der Waals surface area contributed by atoms with Crippen molar-refractivity contribution in [3.05, 3.63) is 60.4 Å². The average Bonchev–Trinajstić information content (AvgIpc) is 2.38. The normalized spacial score (nSPS) is 10.8. The van der Waals surface area contributed by atoms with Gasteiger partial charge >= 0.3 is 0 Å². The Hall–Kier alpha value is -1.60. The molecule has 0 amide bonds. The highest BCUT2D eigenvalue weighted by Gasteiger charge is 1.95. The second-order valence-corrected chi connectivity index (χ2v) is 3.72. The van der Waals surface area contributed by atoms with E-state index in [0.29, 0.717) is 5.88 Å². The molecular weight excluding hydrogens is 218 g/mol. The van der Waals surface area contributed by atoms with E-state index in [1.165, 1.54) is 16.7 Å². The van der Waals surface area contributed by atoms with Gasteiger partial charge in [-0.1, -0.05) is 36.4 Å². The van der Waals surface area contributed by atoms with Crippen molar-refractivity contribution in [3.8, 4) is 11.1 Å². The van der Waals surface area contributed by atoms with Gasteiger partial charge in [0, 0.05) is 18.3 Å². The molecule has 0 saturated carbocycles. The predicted molar refractivity (Wildman–Crippen MR) is 69.4 cm³/mol. The van der Waals surface area contributed by atoms with Crippen LogP contribution in [0.1, 0.15) is 5.56 Å². The van der Waals surface area contributed by atoms with Gasteiger partial charge in [-0.05, 0) is 28.8 Å². The molecular formula is C14H12ClN. The lowest BCUT2D eigenvalue weighted by Crippen LogP contribution is -1.79. The minimum absolute atomic E-state index is 0.548. The molecule has 16 heavy (non-hydrogen) atoms. The largest absolute Gasteiger partial charge is 0.265 e. The van der Waals surface area contributed by atoms with E-state index in [-0.39, 0.29) is 0 Å². The van der Waals surface area contributed by atoms with Crippen LogP contribution in [0.4, 0.5) is 0 Å². The smallest absolute Gasteiger partial charge is 0.0407 e. The van der Waals surface area contributed by atoms with Gasteiger partial charge in [0.2, 0.25) is 0 Å². The minimum Gasteiger partial charge on any atom is -0.265 e. The molecule has 80 valence electrons. The molecule has 0 unspecified atom stereocenters. The van der Waals surface area contributed by atoms with Crippen LogP contribution in [0.3, 0.4) is 0 Å². The summed E-state index contributed by atoms with van der Waals surface area (Å²) >= 11 is 5.58. The van der Waals surface area contributed by atoms with Crippen LogP contribution in [0, 0.1) is 0 Å². The number of benzene rings is 1. The lowest BCUT2D eigenvalue weighted by atomic mass is 10.1. The molecule has 2 heteroatoms. The zero-order valence-corrected chi connectivity index (χ0v) is 9.56. The minimum atomic E-state index is 0.548. The Bertz CT molecular complexity index is 460. The van der Waals surface area contributed by atoms with Crippen LogP contribution in [-0.4, -0.2) is 10.9 Å². The zero-order valence-electron chi connectivity index (χ0n) is 8.81. The molecule has 1 heterocycles. The number of aromatic nitrogens is 1. The van der Waals surface area contributed by atoms with E-state index in [1.54, 1.807) is 12.4 Å². The van der Waals surface area contributed by atoms with Crippen molar-refractivity contribution < 1.29 is 0 Å². The van der Waals surface area contributed by atoms with Crippen LogP contribution in [0.15, 0.2) is 54.9 Å². The number of halogens is 1. The third-order valence-electron chi connectivity index (χ3n) is 2.32. The Morgan fingerprint density at radius 2 is 1.56 bits per heavy atom. The molecule has 1 aromatic heterocycles. The monoisotopic (exact) mass is 229 g/mol. The molecule has 0 spiro atoms. The fraction of sp³-hybridized carbons (Fsp3) is 0.0714. The van der Waals surface area contributed by atoms with Crippen molar-refractivity contribution in [1.82, 2.24) is 4.98 Å². The number of hydrogen-bond acceptors (Lipinski definition) is 1. The molecule has 0 fully saturated rings. The van der Waals surface area contributed by atoms with Crippen molar-refractivity contribution >= 4 is 17.7 Å². The predicted octanol–water partition coefficient (Wildman–Crippen LogP) is 4.00. The fourth-order valence-electron chi connectivity index (χ4n) is 1.51. The van der Waals surface area contributed by atoms with Crippen molar-refractivity contribution in [1.29, 1.82) is 0 Å². The molecule has 0 N–H and O–H groups in total. The first-order chi connectivity index (χ1) is 7.90. The van der Waals surface area contributed by atoms with Gasteiger partial charge in [0.15, 0.2) is 0 Å². The van der Waals surface area contributed by atoms with E-state index in [9.17, 15) is 0 Å². The van der Waals surface area contributed by atoms with E-state index in [2.05, 4.69) is 29.2 Å². The summed E-state index contributed by atoms with van der Waals surface area (Å²) in [5.41, 5.74) is 3.55. The van der Waals surface area contributed by atoms with Gasteiger partial charge in [0.1, 0.15) is 0 Å². The van der Waals surface area contributed by atoms with Crippen LogP contribution in [0.5, 0.6) is 0 Å². The maximum atomic E-state index is 5.58. The highest BCUT2D eigenvalue weighted by Crippen LogP contribution is 2.18. The maximum absolute atomic E-state index is 5.58. The number of alkyl halides is 1. The van der Waals surface area contributed by atoms with Crippen molar-refractivity contribution in [2.75, 3.05) is 5.88 Å². The topological polar surface area (TPSA) is 12.9 Å². The van der Waals surface area contributed by atoms with Crippen molar-refractivity contribution in [2.45, 2.75) is 0 Å². The molecule has 0 atom stereocenters. The standard InChI is InChI=1S/C14H12ClN/c15-9-1-2-12-3-5-13(6-4-12)14-7-10-16-11-8-14/h1-8,10-11H,9H2. The van der Waals surface area contributed by atoms with E-state index in [0.717, 1.165) is 0 Å². The second kappa shape index (κ2) is 5.47. The Labute approximate surface area is 100 Å². The quantitative estimate of drug-likeness (QED) is 0.725. The third-order valence-corrected chi connectivity index (χ3v) is 2.50. The Morgan fingerprint density at radius 3 is 2.19 bits per heavy atom. The van der Waals surface area contributed by atoms with Gasteiger partial charge in [-0.25, -0.2) is 0 Å². The van der Waals surface area contributed by atoms with E-state index < -0.39 is 0 Å². The van der Waals surface area contributed by atoms with E-state index in [4.69, 9.17) is 11.6 Å².